The summed E-state index contributed by atoms with van der Waals surface area (Å²) in [5.74, 6) is -0.812. The third-order valence-corrected chi connectivity index (χ3v) is 2.70. The smallest absolute Gasteiger partial charge is 0.328 e. The molecule has 0 aliphatic carbocycles. The van der Waals surface area contributed by atoms with Crippen LogP contribution in [0, 0.1) is 0 Å². The molecule has 0 radical (unpaired) electrons. The molecule has 1 aliphatic heterocycles. The summed E-state index contributed by atoms with van der Waals surface area (Å²) in [4.78, 5) is 24.8. The monoisotopic (exact) mass is 259 g/mol. The van der Waals surface area contributed by atoms with Crippen molar-refractivity contribution in [2.24, 2.45) is 0 Å². The Labute approximate surface area is 107 Å². The maximum absolute atomic E-state index is 12.0. The van der Waals surface area contributed by atoms with Crippen LogP contribution < -0.4 is 0 Å². The number of aliphatic hydroxyl groups is 1. The Morgan fingerprint density at radius 2 is 2.00 bits per heavy atom. The Hall–Kier alpha value is -1.14. The van der Waals surface area contributed by atoms with Crippen LogP contribution in [0.3, 0.4) is 0 Å². The van der Waals surface area contributed by atoms with Gasteiger partial charge in [-0.15, -0.1) is 0 Å². The highest BCUT2D eigenvalue weighted by Gasteiger charge is 2.39. The number of carbonyl (C=O) groups excluding carboxylic acids is 2. The van der Waals surface area contributed by atoms with Gasteiger partial charge >= 0.3 is 5.97 Å². The lowest BCUT2D eigenvalue weighted by atomic mass is 10.2. The van der Waals surface area contributed by atoms with Crippen molar-refractivity contribution in [2.45, 2.75) is 44.9 Å². The molecule has 6 heteroatoms. The number of nitrogens with zero attached hydrogens (tertiary/aromatic N) is 1. The fourth-order valence-electron chi connectivity index (χ4n) is 1.81. The number of aliphatic hydroxyl groups excluding tert-OH is 1. The third kappa shape index (κ3) is 3.96. The predicted molar refractivity (Wildman–Crippen MR) is 63.8 cm³/mol. The van der Waals surface area contributed by atoms with Crippen molar-refractivity contribution in [1.29, 1.82) is 0 Å². The lowest BCUT2D eigenvalue weighted by molar-refractivity contribution is -0.154. The minimum atomic E-state index is -0.707. The molecule has 1 aliphatic rings. The minimum absolute atomic E-state index is 0.107. The van der Waals surface area contributed by atoms with Gasteiger partial charge in [0.2, 0.25) is 5.91 Å². The summed E-state index contributed by atoms with van der Waals surface area (Å²) >= 11 is 0. The average Bonchev–Trinajstić information content (AvgIpc) is 2.66. The molecule has 2 atom stereocenters. The van der Waals surface area contributed by atoms with Crippen LogP contribution >= 0.6 is 0 Å². The predicted octanol–water partition coefficient (Wildman–Crippen LogP) is -0.0637. The first kappa shape index (κ1) is 14.9. The van der Waals surface area contributed by atoms with Crippen LogP contribution in [0.4, 0.5) is 0 Å². The van der Waals surface area contributed by atoms with E-state index in [-0.39, 0.29) is 25.5 Å². The molecule has 0 bridgehead atoms. The zero-order valence-electron chi connectivity index (χ0n) is 11.3. The molecule has 1 saturated heterocycles. The largest absolute Gasteiger partial charge is 0.467 e. The van der Waals surface area contributed by atoms with E-state index in [0.717, 1.165) is 0 Å². The first-order chi connectivity index (χ1) is 8.24. The Morgan fingerprint density at radius 3 is 2.50 bits per heavy atom. The quantitative estimate of drug-likeness (QED) is 0.718. The summed E-state index contributed by atoms with van der Waals surface area (Å²) in [6.07, 6.45) is -0.471. The van der Waals surface area contributed by atoms with E-state index in [4.69, 9.17) is 4.74 Å². The van der Waals surface area contributed by atoms with Gasteiger partial charge in [0.15, 0.2) is 0 Å². The van der Waals surface area contributed by atoms with Gasteiger partial charge in [0.05, 0.1) is 18.8 Å². The van der Waals surface area contributed by atoms with Gasteiger partial charge in [-0.05, 0) is 20.8 Å². The highest BCUT2D eigenvalue weighted by Crippen LogP contribution is 2.20. The van der Waals surface area contributed by atoms with E-state index in [9.17, 15) is 14.7 Å². The van der Waals surface area contributed by atoms with Gasteiger partial charge < -0.3 is 19.5 Å². The maximum Gasteiger partial charge on any atom is 0.328 e. The Balaban J connectivity index is 2.62. The first-order valence-electron chi connectivity index (χ1n) is 5.94. The molecule has 1 N–H and O–H groups in total. The van der Waals surface area contributed by atoms with Crippen LogP contribution in [0.15, 0.2) is 0 Å². The highest BCUT2D eigenvalue weighted by molar-refractivity contribution is 5.86. The summed E-state index contributed by atoms with van der Waals surface area (Å²) in [5, 5.41) is 9.55. The molecule has 2 unspecified atom stereocenters. The van der Waals surface area contributed by atoms with Crippen LogP contribution in [-0.2, 0) is 19.1 Å². The number of likely N-dealkylation sites (tertiary alicyclic amines) is 1. The number of methoxy groups -OCH3 is 1. The van der Waals surface area contributed by atoms with Crippen LogP contribution in [0.1, 0.15) is 27.2 Å². The second-order valence-electron chi connectivity index (χ2n) is 5.38. The summed E-state index contributed by atoms with van der Waals surface area (Å²) in [5.41, 5.74) is -0.422. The Kier molecular flexibility index (Phi) is 4.70. The topological polar surface area (TPSA) is 76.1 Å². The van der Waals surface area contributed by atoms with Gasteiger partial charge in [0, 0.05) is 13.0 Å². The molecular formula is C12H21NO5. The van der Waals surface area contributed by atoms with Gasteiger partial charge in [-0.25, -0.2) is 4.79 Å². The lowest BCUT2D eigenvalue weighted by Gasteiger charge is -2.25. The second kappa shape index (κ2) is 5.67. The van der Waals surface area contributed by atoms with Gasteiger partial charge in [0.25, 0.3) is 0 Å². The Morgan fingerprint density at radius 1 is 1.39 bits per heavy atom. The number of carbonyl (C=O) groups is 2. The van der Waals surface area contributed by atoms with E-state index in [2.05, 4.69) is 4.74 Å². The number of esters is 1. The molecule has 1 heterocycles. The van der Waals surface area contributed by atoms with Crippen molar-refractivity contribution in [3.63, 3.8) is 0 Å². The van der Waals surface area contributed by atoms with E-state index >= 15 is 0 Å². The summed E-state index contributed by atoms with van der Waals surface area (Å²) < 4.78 is 10.00. The molecule has 1 fully saturated rings. The van der Waals surface area contributed by atoms with Crippen molar-refractivity contribution >= 4 is 11.9 Å². The van der Waals surface area contributed by atoms with Crippen molar-refractivity contribution in [3.8, 4) is 0 Å². The Bertz CT molecular complexity index is 323. The van der Waals surface area contributed by atoms with Gasteiger partial charge in [-0.3, -0.25) is 4.79 Å². The van der Waals surface area contributed by atoms with Crippen molar-refractivity contribution in [1.82, 2.24) is 4.90 Å². The number of rotatable bonds is 3. The molecule has 0 spiro atoms. The van der Waals surface area contributed by atoms with E-state index in [1.807, 2.05) is 20.8 Å². The maximum atomic E-state index is 12.0. The van der Waals surface area contributed by atoms with Gasteiger partial charge in [0.1, 0.15) is 12.6 Å². The number of ether oxygens (including phenoxy) is 2. The number of hydrogen-bond donors (Lipinski definition) is 1. The average molecular weight is 259 g/mol. The van der Waals surface area contributed by atoms with Crippen LogP contribution in [0.5, 0.6) is 0 Å². The van der Waals surface area contributed by atoms with E-state index in [1.165, 1.54) is 12.0 Å². The second-order valence-corrected chi connectivity index (χ2v) is 5.38. The minimum Gasteiger partial charge on any atom is -0.467 e. The molecule has 18 heavy (non-hydrogen) atoms. The highest BCUT2D eigenvalue weighted by atomic mass is 16.5. The fraction of sp³-hybridized carbons (Fsp3) is 0.833. The molecule has 1 rings (SSSR count). The number of β-amino-alcohol motifs (C(OH)–C–C–N with tert-alkyl or cyclic N) is 1. The SMILES string of the molecule is COC(=O)C1CC(O)CN1C(=O)COC(C)(C)C. The van der Waals surface area contributed by atoms with Crippen molar-refractivity contribution < 1.29 is 24.2 Å². The van der Waals surface area contributed by atoms with E-state index in [0.29, 0.717) is 0 Å². The molecule has 0 aromatic carbocycles. The molecule has 0 aromatic heterocycles. The molecule has 0 aromatic rings. The number of amides is 1. The summed E-state index contributed by atoms with van der Waals surface area (Å²) in [6.45, 7) is 5.57. The van der Waals surface area contributed by atoms with Crippen LogP contribution in [0.2, 0.25) is 0 Å². The fourth-order valence-corrected chi connectivity index (χ4v) is 1.81. The van der Waals surface area contributed by atoms with Gasteiger partial charge in [-0.1, -0.05) is 0 Å². The molecular weight excluding hydrogens is 238 g/mol. The van der Waals surface area contributed by atoms with E-state index < -0.39 is 23.7 Å². The van der Waals surface area contributed by atoms with Crippen LogP contribution in [0.25, 0.3) is 0 Å². The first-order valence-corrected chi connectivity index (χ1v) is 5.94. The number of hydrogen-bond acceptors (Lipinski definition) is 5. The summed E-state index contributed by atoms with van der Waals surface area (Å²) in [7, 11) is 1.27. The standard InChI is InChI=1S/C12H21NO5/c1-12(2,3)18-7-10(15)13-6-8(14)5-9(13)11(16)17-4/h8-9,14H,5-7H2,1-4H3. The lowest BCUT2D eigenvalue weighted by Crippen LogP contribution is -2.43. The van der Waals surface area contributed by atoms with Crippen LogP contribution in [-0.4, -0.2) is 59.9 Å². The molecule has 104 valence electrons. The molecule has 1 amide bonds. The molecule has 0 saturated carbocycles. The van der Waals surface area contributed by atoms with Crippen molar-refractivity contribution in [3.05, 3.63) is 0 Å². The van der Waals surface area contributed by atoms with E-state index in [1.54, 1.807) is 0 Å². The summed E-state index contributed by atoms with van der Waals surface area (Å²) in [6, 6.07) is -0.707. The normalized spacial score (nSPS) is 24.2. The third-order valence-electron chi connectivity index (χ3n) is 2.70. The van der Waals surface area contributed by atoms with Gasteiger partial charge in [-0.2, -0.15) is 0 Å². The molecule has 6 nitrogen and oxygen atoms in total. The van der Waals surface area contributed by atoms with Crippen molar-refractivity contribution in [2.75, 3.05) is 20.3 Å². The zero-order valence-corrected chi connectivity index (χ0v) is 11.3. The zero-order chi connectivity index (χ0) is 13.9.